The van der Waals surface area contributed by atoms with Crippen molar-refractivity contribution < 1.29 is 0 Å². The molecule has 0 aliphatic heterocycles. The summed E-state index contributed by atoms with van der Waals surface area (Å²) in [5.74, 6) is 0. The van der Waals surface area contributed by atoms with E-state index in [2.05, 4.69) is 159 Å². The van der Waals surface area contributed by atoms with E-state index in [9.17, 15) is 0 Å². The maximum Gasteiger partial charge on any atom is 0.0361 e. The van der Waals surface area contributed by atoms with Crippen molar-refractivity contribution in [3.63, 3.8) is 0 Å². The van der Waals surface area contributed by atoms with Gasteiger partial charge in [0.1, 0.15) is 0 Å². The lowest BCUT2D eigenvalue weighted by Gasteiger charge is -2.22. The molecule has 10 rings (SSSR count). The van der Waals surface area contributed by atoms with Crippen molar-refractivity contribution in [3.05, 3.63) is 157 Å². The summed E-state index contributed by atoms with van der Waals surface area (Å²) in [4.78, 5) is 0. The Morgan fingerprint density at radius 2 is 0.978 bits per heavy atom. The molecule has 0 amide bonds. The van der Waals surface area contributed by atoms with E-state index in [1.54, 1.807) is 0 Å². The summed E-state index contributed by atoms with van der Waals surface area (Å²) in [5.41, 5.74) is 10.7. The molecule has 0 radical (unpaired) electrons. The van der Waals surface area contributed by atoms with Gasteiger partial charge in [0.2, 0.25) is 0 Å². The third-order valence-electron chi connectivity index (χ3n) is 10.5. The van der Waals surface area contributed by atoms with E-state index in [1.807, 2.05) is 11.3 Å². The van der Waals surface area contributed by atoms with Gasteiger partial charge in [-0.25, -0.2) is 0 Å². The molecule has 46 heavy (non-hydrogen) atoms. The van der Waals surface area contributed by atoms with Crippen LogP contribution in [0.5, 0.6) is 0 Å². The van der Waals surface area contributed by atoms with Crippen LogP contribution in [-0.4, -0.2) is 0 Å². The van der Waals surface area contributed by atoms with Crippen molar-refractivity contribution >= 4 is 63.8 Å². The summed E-state index contributed by atoms with van der Waals surface area (Å²) in [7, 11) is 0. The van der Waals surface area contributed by atoms with Gasteiger partial charge >= 0.3 is 0 Å². The highest BCUT2D eigenvalue weighted by Crippen LogP contribution is 2.52. The maximum atomic E-state index is 2.45. The highest BCUT2D eigenvalue weighted by molar-refractivity contribution is 7.26. The van der Waals surface area contributed by atoms with Gasteiger partial charge in [-0.1, -0.05) is 141 Å². The van der Waals surface area contributed by atoms with Crippen LogP contribution in [0.2, 0.25) is 0 Å². The molecule has 0 N–H and O–H groups in total. The quantitative estimate of drug-likeness (QED) is 0.173. The number of thiophene rings is 1. The Hall–Kier alpha value is -5.24. The minimum Gasteiger partial charge on any atom is -0.135 e. The minimum atomic E-state index is -0.00792. The summed E-state index contributed by atoms with van der Waals surface area (Å²) < 4.78 is 2.69. The summed E-state index contributed by atoms with van der Waals surface area (Å²) in [6.45, 7) is 4.71. The van der Waals surface area contributed by atoms with E-state index >= 15 is 0 Å². The zero-order valence-electron chi connectivity index (χ0n) is 25.8. The highest BCUT2D eigenvalue weighted by atomic mass is 32.1. The molecular weight excluding hydrogens is 573 g/mol. The first-order valence-corrected chi connectivity index (χ1v) is 16.9. The van der Waals surface area contributed by atoms with E-state index in [-0.39, 0.29) is 5.41 Å². The van der Waals surface area contributed by atoms with Crippen molar-refractivity contribution in [1.29, 1.82) is 0 Å². The van der Waals surface area contributed by atoms with Crippen molar-refractivity contribution in [2.24, 2.45) is 0 Å². The van der Waals surface area contributed by atoms with E-state index in [0.29, 0.717) is 0 Å². The minimum absolute atomic E-state index is 0.00792. The molecule has 1 heterocycles. The van der Waals surface area contributed by atoms with Crippen molar-refractivity contribution in [2.75, 3.05) is 0 Å². The summed E-state index contributed by atoms with van der Waals surface area (Å²) >= 11 is 1.89. The van der Waals surface area contributed by atoms with Crippen LogP contribution in [0.1, 0.15) is 25.0 Å². The predicted octanol–water partition coefficient (Wildman–Crippen LogP) is 13.2. The van der Waals surface area contributed by atoms with Crippen LogP contribution in [0.3, 0.4) is 0 Å². The molecule has 9 aromatic rings. The van der Waals surface area contributed by atoms with Crippen LogP contribution < -0.4 is 0 Å². The van der Waals surface area contributed by atoms with Crippen LogP contribution in [0.25, 0.3) is 85.9 Å². The zero-order valence-corrected chi connectivity index (χ0v) is 26.6. The second-order valence-corrected chi connectivity index (χ2v) is 14.3. The summed E-state index contributed by atoms with van der Waals surface area (Å²) in [6, 6.07) is 54.6. The number of hydrogen-bond acceptors (Lipinski definition) is 1. The molecule has 1 aliphatic carbocycles. The lowest BCUT2D eigenvalue weighted by atomic mass is 9.81. The Morgan fingerprint density at radius 1 is 0.391 bits per heavy atom. The van der Waals surface area contributed by atoms with Gasteiger partial charge < -0.3 is 0 Å². The smallest absolute Gasteiger partial charge is 0.0361 e. The molecule has 0 spiro atoms. The fraction of sp³-hybridized carbons (Fsp3) is 0.0667. The van der Waals surface area contributed by atoms with Gasteiger partial charge in [-0.3, -0.25) is 0 Å². The van der Waals surface area contributed by atoms with Crippen molar-refractivity contribution in [2.45, 2.75) is 19.3 Å². The second-order valence-electron chi connectivity index (χ2n) is 13.2. The third kappa shape index (κ3) is 3.44. The Bertz CT molecular complexity index is 2660. The maximum absolute atomic E-state index is 2.45. The first-order valence-electron chi connectivity index (χ1n) is 16.1. The van der Waals surface area contributed by atoms with Crippen LogP contribution in [0.15, 0.2) is 146 Å². The SMILES string of the molecule is CC1(C)c2ccccc2-c2cc(-c3c4ccccc4c(-c4cccc5c4ccc4sc6ccccc6c45)c4ccccc34)ccc21. The second kappa shape index (κ2) is 9.39. The fourth-order valence-electron chi connectivity index (χ4n) is 8.40. The van der Waals surface area contributed by atoms with Crippen LogP contribution in [0.4, 0.5) is 0 Å². The molecule has 8 aromatic carbocycles. The van der Waals surface area contributed by atoms with Crippen LogP contribution in [0, 0.1) is 0 Å². The summed E-state index contributed by atoms with van der Waals surface area (Å²) in [6.07, 6.45) is 0. The van der Waals surface area contributed by atoms with E-state index in [1.165, 1.54) is 97.0 Å². The highest BCUT2D eigenvalue weighted by Gasteiger charge is 2.35. The lowest BCUT2D eigenvalue weighted by Crippen LogP contribution is -2.14. The Morgan fingerprint density at radius 3 is 1.74 bits per heavy atom. The average Bonchev–Trinajstić information content (AvgIpc) is 3.59. The van der Waals surface area contributed by atoms with E-state index in [4.69, 9.17) is 0 Å². The van der Waals surface area contributed by atoms with Gasteiger partial charge in [-0.15, -0.1) is 11.3 Å². The molecule has 0 fully saturated rings. The largest absolute Gasteiger partial charge is 0.135 e. The molecule has 0 nitrogen and oxygen atoms in total. The van der Waals surface area contributed by atoms with Crippen LogP contribution in [-0.2, 0) is 5.41 Å². The van der Waals surface area contributed by atoms with Crippen molar-refractivity contribution in [1.82, 2.24) is 0 Å². The van der Waals surface area contributed by atoms with Crippen LogP contribution >= 0.6 is 11.3 Å². The molecule has 0 bridgehead atoms. The average molecular weight is 603 g/mol. The summed E-state index contributed by atoms with van der Waals surface area (Å²) in [5, 5.41) is 10.5. The molecule has 0 saturated heterocycles. The van der Waals surface area contributed by atoms with E-state index < -0.39 is 0 Å². The third-order valence-corrected chi connectivity index (χ3v) is 11.6. The first-order chi connectivity index (χ1) is 22.6. The monoisotopic (exact) mass is 602 g/mol. The molecule has 1 aromatic heterocycles. The predicted molar refractivity (Wildman–Crippen MR) is 200 cm³/mol. The molecular formula is C45H30S. The Kier molecular flexibility index (Phi) is 5.31. The van der Waals surface area contributed by atoms with E-state index in [0.717, 1.165) is 0 Å². The topological polar surface area (TPSA) is 0 Å². The Labute approximate surface area is 272 Å². The normalized spacial score (nSPS) is 13.6. The molecule has 1 heteroatoms. The van der Waals surface area contributed by atoms with Gasteiger partial charge in [0.25, 0.3) is 0 Å². The van der Waals surface area contributed by atoms with Gasteiger partial charge in [-0.05, 0) is 95.0 Å². The first kappa shape index (κ1) is 26.0. The number of rotatable bonds is 2. The number of fused-ring (bicyclic) bond motifs is 10. The molecule has 1 aliphatic rings. The lowest BCUT2D eigenvalue weighted by molar-refractivity contribution is 0.660. The Balaban J connectivity index is 1.29. The zero-order chi connectivity index (χ0) is 30.6. The fourth-order valence-corrected chi connectivity index (χ4v) is 9.53. The standard InChI is InChI=1S/C45H30S/c1-45(2)38-20-9-7-12-29(38)37-26-27(22-24-39(37)45)42-32-13-3-5-15-34(32)43(35-16-6-4-14-33(35)42)30-18-11-19-31-28(30)23-25-41-44(31)36-17-8-10-21-40(36)46-41/h3-26H,1-2H3. The van der Waals surface area contributed by atoms with Gasteiger partial charge in [0.05, 0.1) is 0 Å². The number of benzene rings is 8. The molecule has 0 saturated carbocycles. The van der Waals surface area contributed by atoms with Crippen molar-refractivity contribution in [3.8, 4) is 33.4 Å². The molecule has 216 valence electrons. The number of hydrogen-bond donors (Lipinski definition) is 0. The molecule has 0 atom stereocenters. The van der Waals surface area contributed by atoms with Gasteiger partial charge in [0, 0.05) is 25.6 Å². The van der Waals surface area contributed by atoms with Gasteiger partial charge in [0.15, 0.2) is 0 Å². The molecule has 0 unspecified atom stereocenters. The van der Waals surface area contributed by atoms with Gasteiger partial charge in [-0.2, -0.15) is 0 Å².